The molecule has 1 N–H and O–H groups in total. The molecular formula is C11H11ClN4. The summed E-state index contributed by atoms with van der Waals surface area (Å²) < 4.78 is 0. The monoisotopic (exact) mass is 234 g/mol. The third-order valence-corrected chi connectivity index (χ3v) is 2.36. The summed E-state index contributed by atoms with van der Waals surface area (Å²) in [4.78, 5) is 12.3. The molecule has 0 aliphatic heterocycles. The highest BCUT2D eigenvalue weighted by Gasteiger charge is 2.00. The van der Waals surface area contributed by atoms with Crippen LogP contribution in [-0.4, -0.2) is 15.0 Å². The SMILES string of the molecule is Cc1cc(CNc2ncccc2Cl)ncn1. The number of hydrogen-bond donors (Lipinski definition) is 1. The third-order valence-electron chi connectivity index (χ3n) is 2.06. The number of nitrogens with zero attached hydrogens (tertiary/aromatic N) is 3. The van der Waals surface area contributed by atoms with Crippen LogP contribution in [0.1, 0.15) is 11.4 Å². The minimum atomic E-state index is 0.583. The molecule has 0 aliphatic rings. The van der Waals surface area contributed by atoms with E-state index in [1.807, 2.05) is 13.0 Å². The number of nitrogens with one attached hydrogen (secondary N) is 1. The molecule has 0 amide bonds. The molecule has 0 saturated heterocycles. The van der Waals surface area contributed by atoms with Gasteiger partial charge in [0.05, 0.1) is 17.3 Å². The van der Waals surface area contributed by atoms with Gasteiger partial charge in [0.2, 0.25) is 0 Å². The minimum absolute atomic E-state index is 0.583. The van der Waals surface area contributed by atoms with Crippen molar-refractivity contribution >= 4 is 17.4 Å². The minimum Gasteiger partial charge on any atom is -0.363 e. The van der Waals surface area contributed by atoms with Crippen molar-refractivity contribution in [1.29, 1.82) is 0 Å². The lowest BCUT2D eigenvalue weighted by Crippen LogP contribution is -2.04. The maximum atomic E-state index is 5.96. The third kappa shape index (κ3) is 2.67. The van der Waals surface area contributed by atoms with Crippen LogP contribution in [0.15, 0.2) is 30.7 Å². The van der Waals surface area contributed by atoms with Gasteiger partial charge < -0.3 is 5.32 Å². The van der Waals surface area contributed by atoms with E-state index in [4.69, 9.17) is 11.6 Å². The number of aromatic nitrogens is 3. The quantitative estimate of drug-likeness (QED) is 0.886. The van der Waals surface area contributed by atoms with E-state index in [9.17, 15) is 0 Å². The van der Waals surface area contributed by atoms with Crippen LogP contribution in [0.25, 0.3) is 0 Å². The molecule has 0 radical (unpaired) electrons. The summed E-state index contributed by atoms with van der Waals surface area (Å²) >= 11 is 5.96. The summed E-state index contributed by atoms with van der Waals surface area (Å²) in [6.45, 7) is 2.51. The van der Waals surface area contributed by atoms with E-state index in [-0.39, 0.29) is 0 Å². The Labute approximate surface area is 98.7 Å². The van der Waals surface area contributed by atoms with Gasteiger partial charge >= 0.3 is 0 Å². The molecule has 4 nitrogen and oxygen atoms in total. The van der Waals surface area contributed by atoms with E-state index in [0.29, 0.717) is 17.4 Å². The average Bonchev–Trinajstić information content (AvgIpc) is 2.28. The highest BCUT2D eigenvalue weighted by Crippen LogP contribution is 2.17. The molecule has 5 heteroatoms. The van der Waals surface area contributed by atoms with Crippen LogP contribution in [0.4, 0.5) is 5.82 Å². The van der Waals surface area contributed by atoms with Gasteiger partial charge in [-0.05, 0) is 25.1 Å². The molecule has 0 spiro atoms. The summed E-state index contributed by atoms with van der Waals surface area (Å²) in [5, 5.41) is 3.73. The molecule has 0 aliphatic carbocycles. The van der Waals surface area contributed by atoms with Crippen LogP contribution in [-0.2, 0) is 6.54 Å². The van der Waals surface area contributed by atoms with Crippen molar-refractivity contribution in [3.63, 3.8) is 0 Å². The molecule has 2 heterocycles. The Balaban J connectivity index is 2.05. The average molecular weight is 235 g/mol. The van der Waals surface area contributed by atoms with Crippen LogP contribution in [0, 0.1) is 6.92 Å². The van der Waals surface area contributed by atoms with Gasteiger partial charge in [-0.2, -0.15) is 0 Å². The lowest BCUT2D eigenvalue weighted by Gasteiger charge is -2.06. The lowest BCUT2D eigenvalue weighted by molar-refractivity contribution is 0.975. The van der Waals surface area contributed by atoms with Crippen LogP contribution >= 0.6 is 11.6 Å². The molecular weight excluding hydrogens is 224 g/mol. The van der Waals surface area contributed by atoms with Crippen molar-refractivity contribution in [2.45, 2.75) is 13.5 Å². The van der Waals surface area contributed by atoms with Gasteiger partial charge in [-0.3, -0.25) is 0 Å². The summed E-state index contributed by atoms with van der Waals surface area (Å²) in [6.07, 6.45) is 3.24. The molecule has 0 bridgehead atoms. The Hall–Kier alpha value is -1.68. The lowest BCUT2D eigenvalue weighted by atomic mass is 10.3. The fourth-order valence-electron chi connectivity index (χ4n) is 1.30. The van der Waals surface area contributed by atoms with Gasteiger partial charge in [0, 0.05) is 11.9 Å². The predicted molar refractivity (Wildman–Crippen MR) is 63.3 cm³/mol. The number of anilines is 1. The number of aryl methyl sites for hydroxylation is 1. The number of rotatable bonds is 3. The zero-order valence-electron chi connectivity index (χ0n) is 8.81. The first-order chi connectivity index (χ1) is 7.75. The van der Waals surface area contributed by atoms with Gasteiger partial charge in [0.1, 0.15) is 12.1 Å². The van der Waals surface area contributed by atoms with Crippen LogP contribution < -0.4 is 5.32 Å². The predicted octanol–water partition coefficient (Wildman–Crippen LogP) is 2.45. The second kappa shape index (κ2) is 4.90. The maximum Gasteiger partial charge on any atom is 0.145 e. The van der Waals surface area contributed by atoms with E-state index >= 15 is 0 Å². The van der Waals surface area contributed by atoms with Gasteiger partial charge in [0.25, 0.3) is 0 Å². The Morgan fingerprint density at radius 1 is 1.31 bits per heavy atom. The van der Waals surface area contributed by atoms with Gasteiger partial charge in [-0.1, -0.05) is 11.6 Å². The van der Waals surface area contributed by atoms with E-state index < -0.39 is 0 Å². The molecule has 2 aromatic heterocycles. The maximum absolute atomic E-state index is 5.96. The molecule has 82 valence electrons. The fourth-order valence-corrected chi connectivity index (χ4v) is 1.48. The highest BCUT2D eigenvalue weighted by atomic mass is 35.5. The fraction of sp³-hybridized carbons (Fsp3) is 0.182. The highest BCUT2D eigenvalue weighted by molar-refractivity contribution is 6.32. The summed E-state index contributed by atoms with van der Waals surface area (Å²) in [5.41, 5.74) is 1.85. The van der Waals surface area contributed by atoms with Crippen molar-refractivity contribution in [3.8, 4) is 0 Å². The molecule has 0 unspecified atom stereocenters. The molecule has 0 saturated carbocycles. The Morgan fingerprint density at radius 3 is 2.94 bits per heavy atom. The second-order valence-electron chi connectivity index (χ2n) is 3.34. The van der Waals surface area contributed by atoms with E-state index in [1.54, 1.807) is 24.7 Å². The van der Waals surface area contributed by atoms with Crippen molar-refractivity contribution in [2.24, 2.45) is 0 Å². The topological polar surface area (TPSA) is 50.7 Å². The number of halogens is 1. The molecule has 0 fully saturated rings. The first-order valence-electron chi connectivity index (χ1n) is 4.87. The first-order valence-corrected chi connectivity index (χ1v) is 5.25. The second-order valence-corrected chi connectivity index (χ2v) is 3.75. The van der Waals surface area contributed by atoms with E-state index in [0.717, 1.165) is 11.4 Å². The number of pyridine rings is 1. The van der Waals surface area contributed by atoms with Crippen molar-refractivity contribution in [2.75, 3.05) is 5.32 Å². The number of hydrogen-bond acceptors (Lipinski definition) is 4. The summed E-state index contributed by atoms with van der Waals surface area (Å²) in [6, 6.07) is 5.51. The van der Waals surface area contributed by atoms with E-state index in [1.165, 1.54) is 0 Å². The molecule has 2 rings (SSSR count). The van der Waals surface area contributed by atoms with Gasteiger partial charge in [-0.25, -0.2) is 15.0 Å². The van der Waals surface area contributed by atoms with Crippen molar-refractivity contribution in [3.05, 3.63) is 47.1 Å². The Morgan fingerprint density at radius 2 is 2.19 bits per heavy atom. The standard InChI is InChI=1S/C11H11ClN4/c1-8-5-9(16-7-15-8)6-14-11-10(12)3-2-4-13-11/h2-5,7H,6H2,1H3,(H,13,14). The van der Waals surface area contributed by atoms with E-state index in [2.05, 4.69) is 20.3 Å². The largest absolute Gasteiger partial charge is 0.363 e. The van der Waals surface area contributed by atoms with Crippen LogP contribution in [0.3, 0.4) is 0 Å². The summed E-state index contributed by atoms with van der Waals surface area (Å²) in [7, 11) is 0. The molecule has 0 atom stereocenters. The Bertz CT molecular complexity index is 487. The zero-order chi connectivity index (χ0) is 11.4. The van der Waals surface area contributed by atoms with Crippen LogP contribution in [0.5, 0.6) is 0 Å². The summed E-state index contributed by atoms with van der Waals surface area (Å²) in [5.74, 6) is 0.667. The molecule has 2 aromatic rings. The van der Waals surface area contributed by atoms with Crippen LogP contribution in [0.2, 0.25) is 5.02 Å². The van der Waals surface area contributed by atoms with Gasteiger partial charge in [0.15, 0.2) is 0 Å². The van der Waals surface area contributed by atoms with Crippen molar-refractivity contribution < 1.29 is 0 Å². The molecule has 16 heavy (non-hydrogen) atoms. The van der Waals surface area contributed by atoms with Gasteiger partial charge in [-0.15, -0.1) is 0 Å². The first kappa shape index (κ1) is 10.8. The molecule has 0 aromatic carbocycles. The Kier molecular flexibility index (Phi) is 3.31. The van der Waals surface area contributed by atoms with Crippen molar-refractivity contribution in [1.82, 2.24) is 15.0 Å². The normalized spacial score (nSPS) is 10.1. The smallest absolute Gasteiger partial charge is 0.145 e. The zero-order valence-corrected chi connectivity index (χ0v) is 9.57.